The maximum atomic E-state index is 12.9. The monoisotopic (exact) mass is 418 g/mol. The van der Waals surface area contributed by atoms with Crippen molar-refractivity contribution < 1.29 is 18.7 Å². The first-order chi connectivity index (χ1) is 14.9. The number of amides is 2. The fourth-order valence-electron chi connectivity index (χ4n) is 3.21. The minimum Gasteiger partial charge on any atom is -0.496 e. The Morgan fingerprint density at radius 1 is 0.871 bits per heavy atom. The number of benzene rings is 3. The van der Waals surface area contributed by atoms with E-state index in [9.17, 15) is 14.0 Å². The molecule has 31 heavy (non-hydrogen) atoms. The summed E-state index contributed by atoms with van der Waals surface area (Å²) in [5.74, 6) is 0.320. The SMILES string of the molecule is COc1c(C)cc(C=CC(=O)c2ccc(NC(=O)Nc3ccc(F)cc3)cc2)cc1C. The van der Waals surface area contributed by atoms with Gasteiger partial charge in [-0.25, -0.2) is 9.18 Å². The number of hydrogen-bond acceptors (Lipinski definition) is 3. The van der Waals surface area contributed by atoms with Gasteiger partial charge in [-0.05, 0) is 97.3 Å². The third-order valence-electron chi connectivity index (χ3n) is 4.64. The summed E-state index contributed by atoms with van der Waals surface area (Å²) in [6.45, 7) is 3.92. The standard InChI is InChI=1S/C25H23FN2O3/c1-16-14-18(15-17(2)24(16)31-3)4-13-23(29)19-5-9-21(10-6-19)27-25(30)28-22-11-7-20(26)8-12-22/h4-15H,1-3H3,(H2,27,28,30). The Hall–Kier alpha value is -3.93. The van der Waals surface area contributed by atoms with Crippen molar-refractivity contribution in [3.63, 3.8) is 0 Å². The Labute approximate surface area is 180 Å². The summed E-state index contributed by atoms with van der Waals surface area (Å²) in [6, 6.07) is 15.5. The van der Waals surface area contributed by atoms with E-state index < -0.39 is 6.03 Å². The Balaban J connectivity index is 1.61. The van der Waals surface area contributed by atoms with Gasteiger partial charge in [0.25, 0.3) is 0 Å². The molecule has 0 bridgehead atoms. The van der Waals surface area contributed by atoms with Crippen LogP contribution in [0.2, 0.25) is 0 Å². The van der Waals surface area contributed by atoms with Crippen LogP contribution in [0.15, 0.2) is 66.7 Å². The Bertz CT molecular complexity index is 1100. The number of carbonyl (C=O) groups is 2. The molecule has 0 spiro atoms. The summed E-state index contributed by atoms with van der Waals surface area (Å²) >= 11 is 0. The van der Waals surface area contributed by atoms with E-state index in [1.807, 2.05) is 26.0 Å². The van der Waals surface area contributed by atoms with Crippen LogP contribution in [-0.4, -0.2) is 18.9 Å². The number of hydrogen-bond donors (Lipinski definition) is 2. The van der Waals surface area contributed by atoms with Crippen LogP contribution in [0.4, 0.5) is 20.6 Å². The van der Waals surface area contributed by atoms with Crippen LogP contribution in [0.3, 0.4) is 0 Å². The number of aryl methyl sites for hydroxylation is 2. The number of ether oxygens (including phenoxy) is 1. The zero-order valence-electron chi connectivity index (χ0n) is 17.5. The lowest BCUT2D eigenvalue weighted by Crippen LogP contribution is -2.19. The smallest absolute Gasteiger partial charge is 0.323 e. The molecule has 5 nitrogen and oxygen atoms in total. The number of urea groups is 1. The molecular formula is C25H23FN2O3. The first-order valence-corrected chi connectivity index (χ1v) is 9.67. The summed E-state index contributed by atoms with van der Waals surface area (Å²) < 4.78 is 18.3. The number of halogens is 1. The molecule has 3 aromatic rings. The molecule has 158 valence electrons. The van der Waals surface area contributed by atoms with Gasteiger partial charge in [0.1, 0.15) is 11.6 Å². The second-order valence-corrected chi connectivity index (χ2v) is 7.05. The molecule has 0 unspecified atom stereocenters. The first-order valence-electron chi connectivity index (χ1n) is 9.67. The summed E-state index contributed by atoms with van der Waals surface area (Å²) in [5.41, 5.74) is 4.43. The molecule has 2 amide bonds. The van der Waals surface area contributed by atoms with Gasteiger partial charge in [0, 0.05) is 16.9 Å². The predicted molar refractivity (Wildman–Crippen MR) is 121 cm³/mol. The van der Waals surface area contributed by atoms with Crippen LogP contribution in [0, 0.1) is 19.7 Å². The molecule has 0 heterocycles. The number of methoxy groups -OCH3 is 1. The Morgan fingerprint density at radius 2 is 1.39 bits per heavy atom. The van der Waals surface area contributed by atoms with Gasteiger partial charge in [-0.3, -0.25) is 4.79 Å². The zero-order valence-corrected chi connectivity index (χ0v) is 17.5. The van der Waals surface area contributed by atoms with Crippen molar-refractivity contribution in [1.29, 1.82) is 0 Å². The van der Waals surface area contributed by atoms with Crippen LogP contribution in [-0.2, 0) is 0 Å². The number of allylic oxidation sites excluding steroid dienone is 1. The van der Waals surface area contributed by atoms with Crippen LogP contribution >= 0.6 is 0 Å². The molecule has 3 aromatic carbocycles. The molecule has 6 heteroatoms. The number of carbonyl (C=O) groups excluding carboxylic acids is 2. The molecule has 0 atom stereocenters. The fourth-order valence-corrected chi connectivity index (χ4v) is 3.21. The summed E-state index contributed by atoms with van der Waals surface area (Å²) in [7, 11) is 1.64. The molecule has 0 aliphatic carbocycles. The molecule has 0 radical (unpaired) electrons. The highest BCUT2D eigenvalue weighted by Crippen LogP contribution is 2.25. The van der Waals surface area contributed by atoms with E-state index in [2.05, 4.69) is 10.6 Å². The van der Waals surface area contributed by atoms with Crippen molar-refractivity contribution in [1.82, 2.24) is 0 Å². The fraction of sp³-hybridized carbons (Fsp3) is 0.120. The molecule has 0 saturated heterocycles. The lowest BCUT2D eigenvalue weighted by molar-refractivity contribution is 0.104. The van der Waals surface area contributed by atoms with E-state index in [0.29, 0.717) is 16.9 Å². The van der Waals surface area contributed by atoms with E-state index >= 15 is 0 Å². The van der Waals surface area contributed by atoms with Gasteiger partial charge in [-0.1, -0.05) is 6.08 Å². The van der Waals surface area contributed by atoms with E-state index in [4.69, 9.17) is 4.74 Å². The lowest BCUT2D eigenvalue weighted by Gasteiger charge is -2.09. The average molecular weight is 418 g/mol. The van der Waals surface area contributed by atoms with Crippen molar-refractivity contribution in [2.75, 3.05) is 17.7 Å². The maximum Gasteiger partial charge on any atom is 0.323 e. The number of nitrogens with one attached hydrogen (secondary N) is 2. The first kappa shape index (κ1) is 21.8. The van der Waals surface area contributed by atoms with E-state index in [-0.39, 0.29) is 11.6 Å². The van der Waals surface area contributed by atoms with Gasteiger partial charge in [-0.2, -0.15) is 0 Å². The third kappa shape index (κ3) is 5.79. The van der Waals surface area contributed by atoms with Gasteiger partial charge in [0.2, 0.25) is 0 Å². The van der Waals surface area contributed by atoms with Gasteiger partial charge >= 0.3 is 6.03 Å². The second kappa shape index (κ2) is 9.71. The molecule has 0 fully saturated rings. The second-order valence-electron chi connectivity index (χ2n) is 7.05. The summed E-state index contributed by atoms with van der Waals surface area (Å²) in [4.78, 5) is 24.5. The van der Waals surface area contributed by atoms with Crippen LogP contribution in [0.5, 0.6) is 5.75 Å². The summed E-state index contributed by atoms with van der Waals surface area (Å²) in [6.07, 6.45) is 3.29. The van der Waals surface area contributed by atoms with Crippen LogP contribution in [0.25, 0.3) is 6.08 Å². The minimum atomic E-state index is -0.462. The van der Waals surface area contributed by atoms with Gasteiger partial charge in [0.05, 0.1) is 7.11 Å². The highest BCUT2D eigenvalue weighted by atomic mass is 19.1. The Morgan fingerprint density at radius 3 is 1.90 bits per heavy atom. The Kier molecular flexibility index (Phi) is 6.82. The van der Waals surface area contributed by atoms with E-state index in [1.54, 1.807) is 37.5 Å². The number of ketones is 1. The number of rotatable bonds is 6. The molecule has 0 aromatic heterocycles. The predicted octanol–water partition coefficient (Wildman–Crippen LogP) is 5.99. The largest absolute Gasteiger partial charge is 0.496 e. The van der Waals surface area contributed by atoms with Gasteiger partial charge < -0.3 is 15.4 Å². The third-order valence-corrected chi connectivity index (χ3v) is 4.64. The molecule has 3 rings (SSSR count). The summed E-state index contributed by atoms with van der Waals surface area (Å²) in [5, 5.41) is 5.27. The average Bonchev–Trinajstić information content (AvgIpc) is 2.74. The molecule has 2 N–H and O–H groups in total. The topological polar surface area (TPSA) is 67.4 Å². The van der Waals surface area contributed by atoms with Crippen LogP contribution < -0.4 is 15.4 Å². The van der Waals surface area contributed by atoms with Crippen molar-refractivity contribution in [3.8, 4) is 5.75 Å². The lowest BCUT2D eigenvalue weighted by atomic mass is 10.0. The molecular weight excluding hydrogens is 395 g/mol. The van der Waals surface area contributed by atoms with Crippen molar-refractivity contribution in [2.24, 2.45) is 0 Å². The number of anilines is 2. The quantitative estimate of drug-likeness (QED) is 0.382. The normalized spacial score (nSPS) is 10.7. The minimum absolute atomic E-state index is 0.145. The van der Waals surface area contributed by atoms with E-state index in [1.165, 1.54) is 30.3 Å². The maximum absolute atomic E-state index is 12.9. The highest BCUT2D eigenvalue weighted by molar-refractivity contribution is 6.07. The molecule has 0 aliphatic rings. The van der Waals surface area contributed by atoms with Crippen LogP contribution in [0.1, 0.15) is 27.0 Å². The van der Waals surface area contributed by atoms with E-state index in [0.717, 1.165) is 22.4 Å². The van der Waals surface area contributed by atoms with Crippen molar-refractivity contribution in [2.45, 2.75) is 13.8 Å². The molecule has 0 saturated carbocycles. The highest BCUT2D eigenvalue weighted by Gasteiger charge is 2.07. The zero-order chi connectivity index (χ0) is 22.4. The molecule has 0 aliphatic heterocycles. The van der Waals surface area contributed by atoms with Gasteiger partial charge in [0.15, 0.2) is 5.78 Å². The van der Waals surface area contributed by atoms with Gasteiger partial charge in [-0.15, -0.1) is 0 Å². The van der Waals surface area contributed by atoms with Crippen molar-refractivity contribution >= 4 is 29.3 Å². The van der Waals surface area contributed by atoms with Crippen molar-refractivity contribution in [3.05, 3.63) is 94.8 Å².